The molecule has 104 valence electrons. The van der Waals surface area contributed by atoms with E-state index in [1.807, 2.05) is 0 Å². The number of para-hydroxylation sites is 1. The Balaban J connectivity index is 2.06. The van der Waals surface area contributed by atoms with Crippen LogP contribution in [-0.4, -0.2) is 30.0 Å². The lowest BCUT2D eigenvalue weighted by atomic mass is 10.1. The summed E-state index contributed by atoms with van der Waals surface area (Å²) in [5.74, 6) is 0.603. The Bertz CT molecular complexity index is 530. The number of aromatic nitrogens is 1. The fourth-order valence-corrected chi connectivity index (χ4v) is 2.45. The van der Waals surface area contributed by atoms with E-state index >= 15 is 0 Å². The molecule has 3 N–H and O–H groups in total. The van der Waals surface area contributed by atoms with E-state index in [-0.39, 0.29) is 0 Å². The van der Waals surface area contributed by atoms with Gasteiger partial charge >= 0.3 is 0 Å². The standard InChI is InChI=1S/C16H25N3/c1-12(10-17)8-9-19(3)11-15-13(2)18-16-7-5-4-6-14(15)16/h4-7,12,18H,8-11,17H2,1-3H3. The van der Waals surface area contributed by atoms with E-state index in [1.54, 1.807) is 0 Å². The molecule has 2 rings (SSSR count). The third kappa shape index (κ3) is 3.37. The van der Waals surface area contributed by atoms with Crippen LogP contribution in [-0.2, 0) is 6.54 Å². The van der Waals surface area contributed by atoms with Gasteiger partial charge in [0.25, 0.3) is 0 Å². The second kappa shape index (κ2) is 6.22. The number of nitrogens with zero attached hydrogens (tertiary/aromatic N) is 1. The maximum Gasteiger partial charge on any atom is 0.0459 e. The first-order valence-electron chi connectivity index (χ1n) is 7.06. The minimum atomic E-state index is 0.603. The van der Waals surface area contributed by atoms with Gasteiger partial charge in [-0.3, -0.25) is 0 Å². The van der Waals surface area contributed by atoms with Crippen LogP contribution < -0.4 is 5.73 Å². The van der Waals surface area contributed by atoms with Gasteiger partial charge in [0, 0.05) is 23.1 Å². The number of benzene rings is 1. The predicted molar refractivity (Wildman–Crippen MR) is 82.2 cm³/mol. The number of fused-ring (bicyclic) bond motifs is 1. The van der Waals surface area contributed by atoms with Gasteiger partial charge in [0.1, 0.15) is 0 Å². The zero-order valence-corrected chi connectivity index (χ0v) is 12.2. The highest BCUT2D eigenvalue weighted by molar-refractivity contribution is 5.84. The lowest BCUT2D eigenvalue weighted by molar-refractivity contribution is 0.300. The number of rotatable bonds is 6. The van der Waals surface area contributed by atoms with Crippen molar-refractivity contribution in [3.05, 3.63) is 35.5 Å². The summed E-state index contributed by atoms with van der Waals surface area (Å²) in [7, 11) is 2.18. The fraction of sp³-hybridized carbons (Fsp3) is 0.500. The van der Waals surface area contributed by atoms with E-state index in [0.717, 1.165) is 26.1 Å². The highest BCUT2D eigenvalue weighted by atomic mass is 15.1. The van der Waals surface area contributed by atoms with Crippen molar-refractivity contribution < 1.29 is 0 Å². The monoisotopic (exact) mass is 259 g/mol. The second-order valence-electron chi connectivity index (χ2n) is 5.64. The van der Waals surface area contributed by atoms with Gasteiger partial charge < -0.3 is 15.6 Å². The summed E-state index contributed by atoms with van der Waals surface area (Å²) in [5.41, 5.74) is 9.60. The molecule has 3 heteroatoms. The highest BCUT2D eigenvalue weighted by Crippen LogP contribution is 2.23. The Morgan fingerprint density at radius 2 is 2.05 bits per heavy atom. The molecular weight excluding hydrogens is 234 g/mol. The molecule has 0 radical (unpaired) electrons. The quantitative estimate of drug-likeness (QED) is 0.838. The van der Waals surface area contributed by atoms with Gasteiger partial charge in [-0.2, -0.15) is 0 Å². The van der Waals surface area contributed by atoms with Gasteiger partial charge in [0.15, 0.2) is 0 Å². The molecule has 1 unspecified atom stereocenters. The number of hydrogen-bond donors (Lipinski definition) is 2. The zero-order chi connectivity index (χ0) is 13.8. The molecule has 3 nitrogen and oxygen atoms in total. The van der Waals surface area contributed by atoms with Crippen LogP contribution in [0.2, 0.25) is 0 Å². The summed E-state index contributed by atoms with van der Waals surface area (Å²) in [6, 6.07) is 8.52. The van der Waals surface area contributed by atoms with E-state index < -0.39 is 0 Å². The molecule has 1 aromatic carbocycles. The largest absolute Gasteiger partial charge is 0.358 e. The van der Waals surface area contributed by atoms with Crippen molar-refractivity contribution >= 4 is 10.9 Å². The lowest BCUT2D eigenvalue weighted by Crippen LogP contribution is -2.23. The van der Waals surface area contributed by atoms with Crippen molar-refractivity contribution in [2.24, 2.45) is 11.7 Å². The normalized spacial score (nSPS) is 13.3. The van der Waals surface area contributed by atoms with Crippen molar-refractivity contribution in [2.75, 3.05) is 20.1 Å². The molecule has 2 aromatic rings. The Hall–Kier alpha value is -1.32. The Labute approximate surface area is 115 Å². The number of nitrogens with one attached hydrogen (secondary N) is 1. The van der Waals surface area contributed by atoms with Crippen LogP contribution in [0.4, 0.5) is 0 Å². The summed E-state index contributed by atoms with van der Waals surface area (Å²) in [6.45, 7) is 7.24. The zero-order valence-electron chi connectivity index (χ0n) is 12.2. The second-order valence-corrected chi connectivity index (χ2v) is 5.64. The maximum atomic E-state index is 5.67. The SMILES string of the molecule is Cc1[nH]c2ccccc2c1CN(C)CCC(C)CN. The smallest absolute Gasteiger partial charge is 0.0459 e. The molecule has 0 spiro atoms. The van der Waals surface area contributed by atoms with Gasteiger partial charge in [-0.05, 0) is 51.0 Å². The van der Waals surface area contributed by atoms with Gasteiger partial charge in [-0.1, -0.05) is 25.1 Å². The molecule has 0 fully saturated rings. The third-order valence-corrected chi connectivity index (χ3v) is 3.86. The summed E-state index contributed by atoms with van der Waals surface area (Å²) in [5, 5.41) is 1.35. The van der Waals surface area contributed by atoms with Gasteiger partial charge in [0.2, 0.25) is 0 Å². The molecule has 0 aliphatic heterocycles. The average Bonchev–Trinajstić information content (AvgIpc) is 2.72. The molecule has 1 heterocycles. The molecule has 0 aliphatic carbocycles. The van der Waals surface area contributed by atoms with Crippen molar-refractivity contribution in [2.45, 2.75) is 26.8 Å². The fourth-order valence-electron chi connectivity index (χ4n) is 2.45. The van der Waals surface area contributed by atoms with Gasteiger partial charge in [0.05, 0.1) is 0 Å². The van der Waals surface area contributed by atoms with E-state index in [4.69, 9.17) is 5.73 Å². The molecule has 1 atom stereocenters. The van der Waals surface area contributed by atoms with Crippen molar-refractivity contribution in [1.29, 1.82) is 0 Å². The summed E-state index contributed by atoms with van der Waals surface area (Å²) < 4.78 is 0. The number of aromatic amines is 1. The molecular formula is C16H25N3. The minimum Gasteiger partial charge on any atom is -0.358 e. The Kier molecular flexibility index (Phi) is 4.61. The van der Waals surface area contributed by atoms with Crippen LogP contribution in [0.1, 0.15) is 24.6 Å². The first-order chi connectivity index (χ1) is 9.11. The lowest BCUT2D eigenvalue weighted by Gasteiger charge is -2.19. The van der Waals surface area contributed by atoms with E-state index in [9.17, 15) is 0 Å². The van der Waals surface area contributed by atoms with Crippen LogP contribution in [0.3, 0.4) is 0 Å². The molecule has 1 aromatic heterocycles. The molecule has 0 bridgehead atoms. The van der Waals surface area contributed by atoms with E-state index in [0.29, 0.717) is 5.92 Å². The van der Waals surface area contributed by atoms with Crippen LogP contribution in [0, 0.1) is 12.8 Å². The van der Waals surface area contributed by atoms with E-state index in [2.05, 4.69) is 55.0 Å². The number of hydrogen-bond acceptors (Lipinski definition) is 2. The Morgan fingerprint density at radius 1 is 1.32 bits per heavy atom. The molecule has 0 amide bonds. The van der Waals surface area contributed by atoms with Gasteiger partial charge in [-0.15, -0.1) is 0 Å². The average molecular weight is 259 g/mol. The topological polar surface area (TPSA) is 45.0 Å². The number of nitrogens with two attached hydrogens (primary N) is 1. The van der Waals surface area contributed by atoms with Crippen LogP contribution in [0.25, 0.3) is 10.9 Å². The maximum absolute atomic E-state index is 5.67. The molecule has 0 saturated heterocycles. The molecule has 0 aliphatic rings. The number of H-pyrrole nitrogens is 1. The summed E-state index contributed by atoms with van der Waals surface area (Å²) >= 11 is 0. The first kappa shape index (κ1) is 14.1. The van der Waals surface area contributed by atoms with Crippen molar-refractivity contribution in [3.63, 3.8) is 0 Å². The number of aryl methyl sites for hydroxylation is 1. The van der Waals surface area contributed by atoms with Crippen LogP contribution in [0.5, 0.6) is 0 Å². The van der Waals surface area contributed by atoms with Crippen molar-refractivity contribution in [3.8, 4) is 0 Å². The highest BCUT2D eigenvalue weighted by Gasteiger charge is 2.10. The van der Waals surface area contributed by atoms with Crippen LogP contribution >= 0.6 is 0 Å². The Morgan fingerprint density at radius 3 is 2.79 bits per heavy atom. The van der Waals surface area contributed by atoms with Crippen molar-refractivity contribution in [1.82, 2.24) is 9.88 Å². The first-order valence-corrected chi connectivity index (χ1v) is 7.06. The van der Waals surface area contributed by atoms with Gasteiger partial charge in [-0.25, -0.2) is 0 Å². The predicted octanol–water partition coefficient (Wildman–Crippen LogP) is 2.89. The van der Waals surface area contributed by atoms with Crippen LogP contribution in [0.15, 0.2) is 24.3 Å². The summed E-state index contributed by atoms with van der Waals surface area (Å²) in [4.78, 5) is 5.85. The summed E-state index contributed by atoms with van der Waals surface area (Å²) in [6.07, 6.45) is 1.16. The molecule has 0 saturated carbocycles. The van der Waals surface area contributed by atoms with E-state index in [1.165, 1.54) is 22.2 Å². The minimum absolute atomic E-state index is 0.603. The third-order valence-electron chi connectivity index (χ3n) is 3.86. The molecule has 19 heavy (non-hydrogen) atoms.